The van der Waals surface area contributed by atoms with Crippen LogP contribution < -0.4 is 19.5 Å². The number of hydrogen-bond acceptors (Lipinski definition) is 4. The third-order valence-electron chi connectivity index (χ3n) is 3.83. The molecule has 1 N–H and O–H groups in total. The number of benzene rings is 2. The molecule has 1 amide bonds. The van der Waals surface area contributed by atoms with Gasteiger partial charge in [0.2, 0.25) is 6.10 Å². The number of alkyl halides is 3. The van der Waals surface area contributed by atoms with Crippen LogP contribution in [0.15, 0.2) is 42.5 Å². The summed E-state index contributed by atoms with van der Waals surface area (Å²) in [5, 5.41) is 2.46. The summed E-state index contributed by atoms with van der Waals surface area (Å²) in [7, 11) is 0. The largest absolute Gasteiger partial charge is 0.491 e. The van der Waals surface area contributed by atoms with Crippen LogP contribution in [0.3, 0.4) is 0 Å². The van der Waals surface area contributed by atoms with Gasteiger partial charge in [-0.05, 0) is 36.8 Å². The monoisotopic (exact) mass is 381 g/mol. The fourth-order valence-corrected chi connectivity index (χ4v) is 2.50. The number of anilines is 1. The molecule has 2 aromatic rings. The maximum Gasteiger partial charge on any atom is 0.416 e. The van der Waals surface area contributed by atoms with Crippen molar-refractivity contribution in [2.45, 2.75) is 25.6 Å². The van der Waals surface area contributed by atoms with Crippen molar-refractivity contribution in [3.05, 3.63) is 48.0 Å². The van der Waals surface area contributed by atoms with Crippen LogP contribution in [0.25, 0.3) is 0 Å². The van der Waals surface area contributed by atoms with E-state index in [0.29, 0.717) is 24.5 Å². The molecule has 0 fully saturated rings. The zero-order valence-electron chi connectivity index (χ0n) is 14.5. The summed E-state index contributed by atoms with van der Waals surface area (Å²) in [6, 6.07) is 9.80. The van der Waals surface area contributed by atoms with Gasteiger partial charge in [-0.25, -0.2) is 0 Å². The van der Waals surface area contributed by atoms with Crippen LogP contribution in [0.1, 0.15) is 18.9 Å². The minimum atomic E-state index is -4.54. The molecule has 1 atom stereocenters. The molecule has 2 aromatic carbocycles. The molecule has 0 bridgehead atoms. The Bertz CT molecular complexity index is 823. The Labute approximate surface area is 154 Å². The van der Waals surface area contributed by atoms with Crippen molar-refractivity contribution in [2.75, 3.05) is 18.5 Å². The molecular weight excluding hydrogens is 363 g/mol. The van der Waals surface area contributed by atoms with Crippen LogP contribution >= 0.6 is 0 Å². The maximum absolute atomic E-state index is 13.0. The molecule has 8 heteroatoms. The Hall–Kier alpha value is -2.90. The predicted molar refractivity (Wildman–Crippen MR) is 92.2 cm³/mol. The second kappa shape index (κ2) is 7.77. The first-order chi connectivity index (χ1) is 12.9. The van der Waals surface area contributed by atoms with Gasteiger partial charge >= 0.3 is 6.18 Å². The smallest absolute Gasteiger partial charge is 0.416 e. The van der Waals surface area contributed by atoms with Crippen LogP contribution in [0.5, 0.6) is 17.2 Å². The van der Waals surface area contributed by atoms with E-state index in [4.69, 9.17) is 14.2 Å². The fraction of sp³-hybridized carbons (Fsp3) is 0.316. The first kappa shape index (κ1) is 18.9. The molecule has 0 aromatic heterocycles. The lowest BCUT2D eigenvalue weighted by atomic mass is 10.1. The summed E-state index contributed by atoms with van der Waals surface area (Å²) in [4.78, 5) is 12.5. The van der Waals surface area contributed by atoms with E-state index in [1.807, 2.05) is 6.92 Å². The first-order valence-electron chi connectivity index (χ1n) is 8.42. The first-order valence-corrected chi connectivity index (χ1v) is 8.42. The Kier molecular flexibility index (Phi) is 5.43. The molecule has 144 valence electrons. The van der Waals surface area contributed by atoms with E-state index in [1.165, 1.54) is 6.07 Å². The highest BCUT2D eigenvalue weighted by Crippen LogP contribution is 2.36. The molecule has 1 heterocycles. The molecular formula is C19H18F3NO4. The van der Waals surface area contributed by atoms with Gasteiger partial charge in [-0.15, -0.1) is 0 Å². The van der Waals surface area contributed by atoms with Gasteiger partial charge in [-0.1, -0.05) is 19.1 Å². The van der Waals surface area contributed by atoms with Gasteiger partial charge in [0.15, 0.2) is 11.5 Å². The van der Waals surface area contributed by atoms with E-state index in [2.05, 4.69) is 5.32 Å². The number of para-hydroxylation sites is 2. The fourth-order valence-electron chi connectivity index (χ4n) is 2.50. The zero-order chi connectivity index (χ0) is 19.4. The van der Waals surface area contributed by atoms with Crippen molar-refractivity contribution in [2.24, 2.45) is 0 Å². The highest BCUT2D eigenvalue weighted by atomic mass is 19.4. The van der Waals surface area contributed by atoms with Crippen LogP contribution in [0.2, 0.25) is 0 Å². The average molecular weight is 381 g/mol. The Morgan fingerprint density at radius 3 is 2.67 bits per heavy atom. The summed E-state index contributed by atoms with van der Waals surface area (Å²) < 4.78 is 55.5. The summed E-state index contributed by atoms with van der Waals surface area (Å²) >= 11 is 0. The van der Waals surface area contributed by atoms with Crippen LogP contribution in [0, 0.1) is 0 Å². The molecule has 0 radical (unpaired) electrons. The molecule has 0 saturated heterocycles. The van der Waals surface area contributed by atoms with Crippen LogP contribution in [-0.2, 0) is 11.0 Å². The lowest BCUT2D eigenvalue weighted by Gasteiger charge is -2.26. The topological polar surface area (TPSA) is 56.8 Å². The minimum absolute atomic E-state index is 0.0487. The number of ether oxygens (including phenoxy) is 3. The Morgan fingerprint density at radius 1 is 1.22 bits per heavy atom. The number of nitrogens with one attached hydrogen (secondary N) is 1. The van der Waals surface area contributed by atoms with Gasteiger partial charge < -0.3 is 19.5 Å². The van der Waals surface area contributed by atoms with Crippen LogP contribution in [-0.4, -0.2) is 25.2 Å². The van der Waals surface area contributed by atoms with E-state index >= 15 is 0 Å². The third-order valence-corrected chi connectivity index (χ3v) is 3.83. The van der Waals surface area contributed by atoms with Gasteiger partial charge in [-0.3, -0.25) is 4.79 Å². The summed E-state index contributed by atoms with van der Waals surface area (Å²) in [6.07, 6.45) is -4.86. The van der Waals surface area contributed by atoms with Crippen molar-refractivity contribution in [1.82, 2.24) is 0 Å². The normalized spacial score (nSPS) is 15.9. The molecule has 0 saturated carbocycles. The summed E-state index contributed by atoms with van der Waals surface area (Å²) in [5.41, 5.74) is -0.946. The number of rotatable bonds is 5. The number of amides is 1. The quantitative estimate of drug-likeness (QED) is 0.840. The Morgan fingerprint density at radius 2 is 1.96 bits per heavy atom. The van der Waals surface area contributed by atoms with Crippen LogP contribution in [0.4, 0.5) is 18.9 Å². The highest BCUT2D eigenvalue weighted by molar-refractivity contribution is 5.96. The molecule has 0 aliphatic carbocycles. The SMILES string of the molecule is CCCOc1ccc(C(F)(F)F)cc1NC(=O)[C@H]1COc2ccccc2O1. The van der Waals surface area contributed by atoms with Gasteiger partial charge in [0.25, 0.3) is 5.91 Å². The third kappa shape index (κ3) is 4.45. The average Bonchev–Trinajstić information content (AvgIpc) is 2.65. The second-order valence-corrected chi connectivity index (χ2v) is 5.91. The maximum atomic E-state index is 13.0. The number of halogens is 3. The lowest BCUT2D eigenvalue weighted by molar-refractivity contribution is -0.137. The molecule has 1 aliphatic rings. The Balaban J connectivity index is 1.79. The van der Waals surface area contributed by atoms with Crippen molar-refractivity contribution < 1.29 is 32.2 Å². The summed E-state index contributed by atoms with van der Waals surface area (Å²) in [6.45, 7) is 2.13. The van der Waals surface area contributed by atoms with Crippen molar-refractivity contribution in [1.29, 1.82) is 0 Å². The number of fused-ring (bicyclic) bond motifs is 1. The molecule has 0 unspecified atom stereocenters. The molecule has 1 aliphatic heterocycles. The molecule has 5 nitrogen and oxygen atoms in total. The molecule has 3 rings (SSSR count). The van der Waals surface area contributed by atoms with E-state index < -0.39 is 23.8 Å². The van der Waals surface area contributed by atoms with Gasteiger partial charge in [0.1, 0.15) is 12.4 Å². The lowest BCUT2D eigenvalue weighted by Crippen LogP contribution is -2.40. The van der Waals surface area contributed by atoms with Gasteiger partial charge in [-0.2, -0.15) is 13.2 Å². The number of carbonyl (C=O) groups excluding carboxylic acids is 1. The molecule has 27 heavy (non-hydrogen) atoms. The number of carbonyl (C=O) groups is 1. The van der Waals surface area contributed by atoms with Crippen molar-refractivity contribution in [3.63, 3.8) is 0 Å². The minimum Gasteiger partial charge on any atom is -0.491 e. The molecule has 0 spiro atoms. The summed E-state index contributed by atoms with van der Waals surface area (Å²) in [5.74, 6) is 0.448. The number of hydrogen-bond donors (Lipinski definition) is 1. The van der Waals surface area contributed by atoms with E-state index in [0.717, 1.165) is 12.1 Å². The van der Waals surface area contributed by atoms with Gasteiger partial charge in [0.05, 0.1) is 17.9 Å². The van der Waals surface area contributed by atoms with Gasteiger partial charge in [0, 0.05) is 0 Å². The highest BCUT2D eigenvalue weighted by Gasteiger charge is 2.32. The van der Waals surface area contributed by atoms with Crippen molar-refractivity contribution >= 4 is 11.6 Å². The van der Waals surface area contributed by atoms with Crippen molar-refractivity contribution in [3.8, 4) is 17.2 Å². The standard InChI is InChI=1S/C19H18F3NO4/c1-2-9-25-14-8-7-12(19(20,21)22)10-13(14)23-18(24)17-11-26-15-5-3-4-6-16(15)27-17/h3-8,10,17H,2,9,11H2,1H3,(H,23,24)/t17-/m1/s1. The van der Waals surface area contributed by atoms with E-state index in [1.54, 1.807) is 24.3 Å². The second-order valence-electron chi connectivity index (χ2n) is 5.91. The predicted octanol–water partition coefficient (Wildman–Crippen LogP) is 4.27. The zero-order valence-corrected chi connectivity index (χ0v) is 14.5. The van der Waals surface area contributed by atoms with E-state index in [9.17, 15) is 18.0 Å². The van der Waals surface area contributed by atoms with E-state index in [-0.39, 0.29) is 18.0 Å².